The maximum absolute atomic E-state index is 13.3. The van der Waals surface area contributed by atoms with Crippen molar-refractivity contribution in [3.8, 4) is 0 Å². The van der Waals surface area contributed by atoms with Gasteiger partial charge in [0.1, 0.15) is 17.6 Å². The molecule has 5 rings (SSSR count). The van der Waals surface area contributed by atoms with Gasteiger partial charge in [-0.2, -0.15) is 0 Å². The van der Waals surface area contributed by atoms with Gasteiger partial charge in [0, 0.05) is 28.5 Å². The molecule has 3 aromatic rings. The van der Waals surface area contributed by atoms with Crippen molar-refractivity contribution in [1.82, 2.24) is 0 Å². The Morgan fingerprint density at radius 3 is 2.63 bits per heavy atom. The molecular formula is C22H20N2O2S. The highest BCUT2D eigenvalue weighted by Crippen LogP contribution is 2.45. The molecule has 0 fully saturated rings. The lowest BCUT2D eigenvalue weighted by Gasteiger charge is -2.28. The van der Waals surface area contributed by atoms with E-state index >= 15 is 0 Å². The molecule has 0 radical (unpaired) electrons. The summed E-state index contributed by atoms with van der Waals surface area (Å²) in [5, 5.41) is 9.16. The van der Waals surface area contributed by atoms with E-state index in [0.29, 0.717) is 6.42 Å². The summed E-state index contributed by atoms with van der Waals surface area (Å²) in [6, 6.07) is 15.9. The molecule has 3 heterocycles. The van der Waals surface area contributed by atoms with Gasteiger partial charge in [-0.15, -0.1) is 11.3 Å². The van der Waals surface area contributed by atoms with Gasteiger partial charge >= 0.3 is 0 Å². The number of carbonyl (C=O) groups is 1. The van der Waals surface area contributed by atoms with Crippen LogP contribution in [0.5, 0.6) is 0 Å². The van der Waals surface area contributed by atoms with E-state index in [2.05, 4.69) is 28.1 Å². The third-order valence-corrected chi connectivity index (χ3v) is 6.33. The van der Waals surface area contributed by atoms with Crippen LogP contribution in [0.15, 0.2) is 69.6 Å². The van der Waals surface area contributed by atoms with Crippen molar-refractivity contribution in [2.75, 3.05) is 10.6 Å². The molecule has 2 aliphatic rings. The van der Waals surface area contributed by atoms with E-state index in [1.807, 2.05) is 43.3 Å². The van der Waals surface area contributed by atoms with Crippen molar-refractivity contribution in [1.29, 1.82) is 0 Å². The number of ketones is 1. The zero-order valence-corrected chi connectivity index (χ0v) is 15.8. The molecule has 0 amide bonds. The van der Waals surface area contributed by atoms with E-state index < -0.39 is 0 Å². The summed E-state index contributed by atoms with van der Waals surface area (Å²) in [7, 11) is 0. The Labute approximate surface area is 161 Å². The second-order valence-electron chi connectivity index (χ2n) is 7.13. The maximum Gasteiger partial charge on any atom is 0.163 e. The fourth-order valence-corrected chi connectivity index (χ4v) is 4.87. The van der Waals surface area contributed by atoms with Crippen molar-refractivity contribution < 1.29 is 9.21 Å². The SMILES string of the molecule is Cc1ccc([C@H]2Nc3ccccc3NC3=C2C(=O)C[C@@H](c2cccs2)C3)o1. The Bertz CT molecular complexity index is 1030. The number of para-hydroxylation sites is 2. The highest BCUT2D eigenvalue weighted by Gasteiger charge is 2.37. The Morgan fingerprint density at radius 1 is 1.04 bits per heavy atom. The van der Waals surface area contributed by atoms with Gasteiger partial charge in [-0.05, 0) is 49.1 Å². The first-order valence-corrected chi connectivity index (χ1v) is 10.1. The molecular weight excluding hydrogens is 356 g/mol. The first-order chi connectivity index (χ1) is 13.2. The number of hydrogen-bond acceptors (Lipinski definition) is 5. The number of furan rings is 1. The Morgan fingerprint density at radius 2 is 1.89 bits per heavy atom. The van der Waals surface area contributed by atoms with E-state index in [0.717, 1.165) is 40.6 Å². The lowest BCUT2D eigenvalue weighted by molar-refractivity contribution is -0.116. The van der Waals surface area contributed by atoms with Gasteiger partial charge in [0.2, 0.25) is 0 Å². The molecule has 2 aromatic heterocycles. The number of allylic oxidation sites excluding steroid dienone is 1. The average Bonchev–Trinajstić information content (AvgIpc) is 3.30. The molecule has 4 nitrogen and oxygen atoms in total. The number of benzene rings is 1. The van der Waals surface area contributed by atoms with Crippen LogP contribution < -0.4 is 10.6 Å². The normalized spacial score (nSPS) is 21.7. The van der Waals surface area contributed by atoms with Gasteiger partial charge in [-0.25, -0.2) is 0 Å². The minimum absolute atomic E-state index is 0.182. The lowest BCUT2D eigenvalue weighted by atomic mass is 9.82. The Balaban J connectivity index is 1.62. The second kappa shape index (κ2) is 6.43. The van der Waals surface area contributed by atoms with E-state index in [1.54, 1.807) is 11.3 Å². The molecule has 1 aliphatic carbocycles. The summed E-state index contributed by atoms with van der Waals surface area (Å²) in [5.41, 5.74) is 3.77. The standard InChI is InChI=1S/C22H20N2O2S/c1-13-8-9-19(26-13)22-21-17(23-15-5-2-3-6-16(15)24-22)11-14(12-18(21)25)20-7-4-10-27-20/h2-10,14,22-24H,11-12H2,1H3/t14-,22+/m0/s1. The summed E-state index contributed by atoms with van der Waals surface area (Å²) < 4.78 is 5.92. The number of aryl methyl sites for hydroxylation is 1. The van der Waals surface area contributed by atoms with Crippen LogP contribution in [0.25, 0.3) is 0 Å². The Hall–Kier alpha value is -2.79. The zero-order chi connectivity index (χ0) is 18.4. The van der Waals surface area contributed by atoms with Gasteiger partial charge in [0.15, 0.2) is 5.78 Å². The number of rotatable bonds is 2. The van der Waals surface area contributed by atoms with Crippen LogP contribution in [0.1, 0.15) is 41.2 Å². The summed E-state index contributed by atoms with van der Waals surface area (Å²) in [6.45, 7) is 1.93. The predicted octanol–water partition coefficient (Wildman–Crippen LogP) is 5.63. The van der Waals surface area contributed by atoms with Crippen LogP contribution in [0.3, 0.4) is 0 Å². The van der Waals surface area contributed by atoms with Crippen molar-refractivity contribution in [3.63, 3.8) is 0 Å². The molecule has 2 N–H and O–H groups in total. The Kier molecular flexibility index (Phi) is 3.90. The first-order valence-electron chi connectivity index (χ1n) is 9.17. The number of fused-ring (bicyclic) bond motifs is 1. The molecule has 0 unspecified atom stereocenters. The highest BCUT2D eigenvalue weighted by molar-refractivity contribution is 7.10. The summed E-state index contributed by atoms with van der Waals surface area (Å²) in [6.07, 6.45) is 1.36. The second-order valence-corrected chi connectivity index (χ2v) is 8.11. The van der Waals surface area contributed by atoms with E-state index in [4.69, 9.17) is 4.42 Å². The van der Waals surface area contributed by atoms with Crippen molar-refractivity contribution in [2.45, 2.75) is 31.7 Å². The van der Waals surface area contributed by atoms with Crippen LogP contribution in [-0.2, 0) is 4.79 Å². The maximum atomic E-state index is 13.3. The van der Waals surface area contributed by atoms with E-state index in [1.165, 1.54) is 4.88 Å². The average molecular weight is 376 g/mol. The molecule has 2 atom stereocenters. The molecule has 1 aromatic carbocycles. The number of anilines is 2. The van der Waals surface area contributed by atoms with Gasteiger partial charge in [0.05, 0.1) is 11.4 Å². The van der Waals surface area contributed by atoms with Gasteiger partial charge in [-0.3, -0.25) is 4.79 Å². The highest BCUT2D eigenvalue weighted by atomic mass is 32.1. The monoisotopic (exact) mass is 376 g/mol. The molecule has 0 spiro atoms. The number of hydrogen-bond donors (Lipinski definition) is 2. The number of carbonyl (C=O) groups excluding carboxylic acids is 1. The quantitative estimate of drug-likeness (QED) is 0.609. The van der Waals surface area contributed by atoms with E-state index in [-0.39, 0.29) is 17.7 Å². The number of nitrogens with one attached hydrogen (secondary N) is 2. The van der Waals surface area contributed by atoms with Crippen molar-refractivity contribution in [2.24, 2.45) is 0 Å². The number of thiophene rings is 1. The molecule has 5 heteroatoms. The fraction of sp³-hybridized carbons (Fsp3) is 0.227. The largest absolute Gasteiger partial charge is 0.464 e. The minimum Gasteiger partial charge on any atom is -0.464 e. The van der Waals surface area contributed by atoms with Gasteiger partial charge in [0.25, 0.3) is 0 Å². The fourth-order valence-electron chi connectivity index (χ4n) is 4.04. The topological polar surface area (TPSA) is 54.3 Å². The summed E-state index contributed by atoms with van der Waals surface area (Å²) in [5.74, 6) is 2.04. The third kappa shape index (κ3) is 2.88. The van der Waals surface area contributed by atoms with Crippen LogP contribution in [0, 0.1) is 6.92 Å². The molecule has 0 saturated carbocycles. The van der Waals surface area contributed by atoms with Crippen LogP contribution >= 0.6 is 11.3 Å². The molecule has 136 valence electrons. The van der Waals surface area contributed by atoms with E-state index in [9.17, 15) is 4.79 Å². The zero-order valence-electron chi connectivity index (χ0n) is 15.0. The third-order valence-electron chi connectivity index (χ3n) is 5.30. The van der Waals surface area contributed by atoms with Gasteiger partial charge in [-0.1, -0.05) is 18.2 Å². The smallest absolute Gasteiger partial charge is 0.163 e. The molecule has 1 aliphatic heterocycles. The number of Topliss-reactive ketones (excluding diaryl/α,β-unsaturated/α-hetero) is 1. The summed E-state index contributed by atoms with van der Waals surface area (Å²) in [4.78, 5) is 14.5. The first kappa shape index (κ1) is 16.4. The minimum atomic E-state index is -0.276. The predicted molar refractivity (Wildman–Crippen MR) is 108 cm³/mol. The molecule has 0 saturated heterocycles. The van der Waals surface area contributed by atoms with Crippen molar-refractivity contribution in [3.05, 3.63) is 81.6 Å². The summed E-state index contributed by atoms with van der Waals surface area (Å²) >= 11 is 1.73. The van der Waals surface area contributed by atoms with Crippen LogP contribution in [-0.4, -0.2) is 5.78 Å². The molecule has 27 heavy (non-hydrogen) atoms. The lowest BCUT2D eigenvalue weighted by Crippen LogP contribution is -2.26. The van der Waals surface area contributed by atoms with Crippen LogP contribution in [0.4, 0.5) is 11.4 Å². The van der Waals surface area contributed by atoms with Gasteiger partial charge < -0.3 is 15.1 Å². The molecule has 0 bridgehead atoms. The van der Waals surface area contributed by atoms with Crippen LogP contribution in [0.2, 0.25) is 0 Å². The van der Waals surface area contributed by atoms with Crippen molar-refractivity contribution >= 4 is 28.5 Å².